The van der Waals surface area contributed by atoms with E-state index in [0.29, 0.717) is 17.8 Å². The summed E-state index contributed by atoms with van der Waals surface area (Å²) in [4.78, 5) is 4.32. The minimum absolute atomic E-state index is 0.312. The second kappa shape index (κ2) is 7.25. The molecule has 146 valence electrons. The van der Waals surface area contributed by atoms with Gasteiger partial charge in [0.05, 0.1) is 36.9 Å². The molecule has 1 aromatic carbocycles. The first-order chi connectivity index (χ1) is 13.7. The summed E-state index contributed by atoms with van der Waals surface area (Å²) >= 11 is 0. The number of hydrogen-bond donors (Lipinski definition) is 1. The maximum atomic E-state index is 11.4. The van der Waals surface area contributed by atoms with Crippen LogP contribution >= 0.6 is 0 Å². The SMILES string of the molecule is COc1cccc(C2CCC([C@@H](O)c3c(C4CC4)ccc4cncn34)CC2)c1. The Morgan fingerprint density at radius 1 is 1.04 bits per heavy atom. The van der Waals surface area contributed by atoms with Gasteiger partial charge in [0.15, 0.2) is 0 Å². The van der Waals surface area contributed by atoms with E-state index in [-0.39, 0.29) is 0 Å². The number of rotatable bonds is 5. The van der Waals surface area contributed by atoms with Gasteiger partial charge in [-0.15, -0.1) is 0 Å². The third kappa shape index (κ3) is 3.20. The molecule has 2 heterocycles. The molecular formula is C24H28N2O2. The van der Waals surface area contributed by atoms with Gasteiger partial charge < -0.3 is 14.2 Å². The topological polar surface area (TPSA) is 46.8 Å². The number of fused-ring (bicyclic) bond motifs is 1. The largest absolute Gasteiger partial charge is 0.497 e. The first-order valence-electron chi connectivity index (χ1n) is 10.5. The van der Waals surface area contributed by atoms with Crippen LogP contribution in [0, 0.1) is 5.92 Å². The van der Waals surface area contributed by atoms with Gasteiger partial charge >= 0.3 is 0 Å². The van der Waals surface area contributed by atoms with Crippen molar-refractivity contribution in [3.05, 3.63) is 65.7 Å². The Morgan fingerprint density at radius 2 is 1.82 bits per heavy atom. The van der Waals surface area contributed by atoms with Crippen molar-refractivity contribution < 1.29 is 9.84 Å². The average molecular weight is 377 g/mol. The number of ether oxygens (including phenoxy) is 1. The highest BCUT2D eigenvalue weighted by atomic mass is 16.5. The Labute approximate surface area is 166 Å². The molecule has 1 atom stereocenters. The van der Waals surface area contributed by atoms with Gasteiger partial charge in [0.2, 0.25) is 0 Å². The zero-order chi connectivity index (χ0) is 19.1. The van der Waals surface area contributed by atoms with Crippen molar-refractivity contribution in [2.24, 2.45) is 5.92 Å². The zero-order valence-corrected chi connectivity index (χ0v) is 16.4. The highest BCUT2D eigenvalue weighted by molar-refractivity contribution is 5.50. The van der Waals surface area contributed by atoms with Crippen molar-refractivity contribution in [1.29, 1.82) is 0 Å². The van der Waals surface area contributed by atoms with Crippen molar-refractivity contribution in [3.63, 3.8) is 0 Å². The van der Waals surface area contributed by atoms with Gasteiger partial charge in [0.1, 0.15) is 5.75 Å². The summed E-state index contributed by atoms with van der Waals surface area (Å²) in [5, 5.41) is 11.4. The molecular weight excluding hydrogens is 348 g/mol. The molecule has 0 bridgehead atoms. The number of nitrogens with zero attached hydrogens (tertiary/aromatic N) is 2. The van der Waals surface area contributed by atoms with E-state index in [1.165, 1.54) is 24.0 Å². The van der Waals surface area contributed by atoms with Gasteiger partial charge in [-0.25, -0.2) is 4.98 Å². The maximum Gasteiger partial charge on any atom is 0.119 e. The molecule has 0 radical (unpaired) electrons. The van der Waals surface area contributed by atoms with Crippen molar-refractivity contribution in [3.8, 4) is 5.75 Å². The fourth-order valence-electron chi connectivity index (χ4n) is 4.97. The molecule has 4 nitrogen and oxygen atoms in total. The number of hydrogen-bond acceptors (Lipinski definition) is 3. The summed E-state index contributed by atoms with van der Waals surface area (Å²) in [6.45, 7) is 0. The summed E-state index contributed by atoms with van der Waals surface area (Å²) in [6, 6.07) is 12.8. The lowest BCUT2D eigenvalue weighted by Crippen LogP contribution is -2.22. The lowest BCUT2D eigenvalue weighted by Gasteiger charge is -2.33. The lowest BCUT2D eigenvalue weighted by molar-refractivity contribution is 0.0754. The summed E-state index contributed by atoms with van der Waals surface area (Å²) in [7, 11) is 1.72. The van der Waals surface area contributed by atoms with Gasteiger partial charge in [0.25, 0.3) is 0 Å². The van der Waals surface area contributed by atoms with Crippen LogP contribution in [0.15, 0.2) is 48.9 Å². The van der Waals surface area contributed by atoms with Gasteiger partial charge in [-0.05, 0) is 85.6 Å². The number of aliphatic hydroxyl groups excluding tert-OH is 1. The van der Waals surface area contributed by atoms with E-state index < -0.39 is 6.10 Å². The molecule has 2 aliphatic rings. The third-order valence-corrected chi connectivity index (χ3v) is 6.74. The minimum atomic E-state index is -0.417. The standard InChI is InChI=1S/C24H28N2O2/c1-28-21-4-2-3-19(13-21)16-5-9-18(10-6-16)24(27)23-22(17-7-8-17)12-11-20-14-25-15-26(20)23/h2-4,11-18,24,27H,5-10H2,1H3/t16?,18?,24-/m1/s1. The van der Waals surface area contributed by atoms with E-state index >= 15 is 0 Å². The Balaban J connectivity index is 1.36. The second-order valence-electron chi connectivity index (χ2n) is 8.47. The molecule has 5 rings (SSSR count). The molecule has 0 aliphatic heterocycles. The van der Waals surface area contributed by atoms with Crippen LogP contribution < -0.4 is 4.74 Å². The van der Waals surface area contributed by atoms with Crippen LogP contribution in [0.25, 0.3) is 5.52 Å². The molecule has 2 fully saturated rings. The van der Waals surface area contributed by atoms with Gasteiger partial charge in [-0.1, -0.05) is 18.2 Å². The van der Waals surface area contributed by atoms with Crippen molar-refractivity contribution >= 4 is 5.52 Å². The third-order valence-electron chi connectivity index (χ3n) is 6.74. The van der Waals surface area contributed by atoms with E-state index in [0.717, 1.165) is 42.6 Å². The van der Waals surface area contributed by atoms with E-state index in [9.17, 15) is 5.11 Å². The molecule has 0 saturated heterocycles. The second-order valence-corrected chi connectivity index (χ2v) is 8.47. The van der Waals surface area contributed by atoms with Crippen LogP contribution in [0.5, 0.6) is 5.75 Å². The first-order valence-corrected chi connectivity index (χ1v) is 10.5. The lowest BCUT2D eigenvalue weighted by atomic mass is 9.75. The molecule has 0 amide bonds. The number of aliphatic hydroxyl groups is 1. The number of methoxy groups -OCH3 is 1. The van der Waals surface area contributed by atoms with Gasteiger partial charge in [-0.2, -0.15) is 0 Å². The Bertz CT molecular complexity index is 968. The number of imidazole rings is 1. The maximum absolute atomic E-state index is 11.4. The van der Waals surface area contributed by atoms with Crippen molar-refractivity contribution in [2.75, 3.05) is 7.11 Å². The van der Waals surface area contributed by atoms with Crippen LogP contribution in [0.3, 0.4) is 0 Å². The number of benzene rings is 1. The summed E-state index contributed by atoms with van der Waals surface area (Å²) < 4.78 is 7.51. The monoisotopic (exact) mass is 376 g/mol. The predicted molar refractivity (Wildman–Crippen MR) is 110 cm³/mol. The van der Waals surface area contributed by atoms with E-state index in [2.05, 4.69) is 39.7 Å². The summed E-state index contributed by atoms with van der Waals surface area (Å²) in [5.41, 5.74) is 4.85. The molecule has 0 unspecified atom stereocenters. The molecule has 4 heteroatoms. The molecule has 2 aliphatic carbocycles. The molecule has 1 N–H and O–H groups in total. The van der Waals surface area contributed by atoms with Gasteiger partial charge in [0, 0.05) is 0 Å². The minimum Gasteiger partial charge on any atom is -0.497 e. The first kappa shape index (κ1) is 17.7. The number of pyridine rings is 1. The van der Waals surface area contributed by atoms with E-state index in [1.54, 1.807) is 7.11 Å². The summed E-state index contributed by atoms with van der Waals surface area (Å²) in [5.74, 6) is 2.42. The molecule has 0 spiro atoms. The van der Waals surface area contributed by atoms with Crippen LogP contribution in [0.1, 0.15) is 73.3 Å². The fraction of sp³-hybridized carbons (Fsp3) is 0.458. The van der Waals surface area contributed by atoms with Gasteiger partial charge in [-0.3, -0.25) is 0 Å². The predicted octanol–water partition coefficient (Wildman–Crippen LogP) is 5.23. The normalized spacial score (nSPS) is 23.6. The highest BCUT2D eigenvalue weighted by Gasteiger charge is 2.34. The van der Waals surface area contributed by atoms with Crippen LogP contribution in [-0.2, 0) is 0 Å². The van der Waals surface area contributed by atoms with Crippen LogP contribution in [0.2, 0.25) is 0 Å². The molecule has 3 aromatic rings. The smallest absolute Gasteiger partial charge is 0.119 e. The fourth-order valence-corrected chi connectivity index (χ4v) is 4.97. The van der Waals surface area contributed by atoms with E-state index in [1.807, 2.05) is 18.6 Å². The highest BCUT2D eigenvalue weighted by Crippen LogP contribution is 2.47. The Hall–Kier alpha value is -2.33. The van der Waals surface area contributed by atoms with E-state index in [4.69, 9.17) is 4.74 Å². The quantitative estimate of drug-likeness (QED) is 0.663. The Morgan fingerprint density at radius 3 is 2.57 bits per heavy atom. The zero-order valence-electron chi connectivity index (χ0n) is 16.4. The van der Waals surface area contributed by atoms with Crippen molar-refractivity contribution in [1.82, 2.24) is 9.38 Å². The van der Waals surface area contributed by atoms with Crippen molar-refractivity contribution in [2.45, 2.75) is 56.5 Å². The number of aromatic nitrogens is 2. The molecule has 2 aromatic heterocycles. The molecule has 2 saturated carbocycles. The summed E-state index contributed by atoms with van der Waals surface area (Å²) in [6.07, 6.45) is 10.1. The average Bonchev–Trinajstić information content (AvgIpc) is 3.49. The van der Waals surface area contributed by atoms with Crippen LogP contribution in [-0.4, -0.2) is 21.6 Å². The van der Waals surface area contributed by atoms with Crippen LogP contribution in [0.4, 0.5) is 0 Å². The molecule has 28 heavy (non-hydrogen) atoms. The Kier molecular flexibility index (Phi) is 4.59.